The molecule has 1 N–H and O–H groups in total. The normalized spacial score (nSPS) is 27.2. The van der Waals surface area contributed by atoms with Crippen molar-refractivity contribution in [3.8, 4) is 0 Å². The maximum atomic E-state index is 12.5. The van der Waals surface area contributed by atoms with E-state index in [1.165, 1.54) is 4.88 Å². The molecule has 2 aliphatic rings. The van der Waals surface area contributed by atoms with E-state index in [0.717, 1.165) is 50.0 Å². The van der Waals surface area contributed by atoms with Crippen molar-refractivity contribution in [2.24, 2.45) is 5.92 Å². The maximum absolute atomic E-state index is 12.5. The smallest absolute Gasteiger partial charge is 0.227 e. The number of thiophene rings is 1. The average Bonchev–Trinajstić information content (AvgIpc) is 3.08. The third kappa shape index (κ3) is 3.59. The molecule has 0 saturated carbocycles. The predicted molar refractivity (Wildman–Crippen MR) is 86.8 cm³/mol. The van der Waals surface area contributed by atoms with Crippen molar-refractivity contribution in [2.75, 3.05) is 32.7 Å². The van der Waals surface area contributed by atoms with E-state index in [1.54, 1.807) is 11.3 Å². The Morgan fingerprint density at radius 1 is 1.38 bits per heavy atom. The van der Waals surface area contributed by atoms with Crippen LogP contribution in [0.4, 0.5) is 0 Å². The van der Waals surface area contributed by atoms with E-state index in [9.17, 15) is 4.79 Å². The van der Waals surface area contributed by atoms with Crippen molar-refractivity contribution < 1.29 is 4.79 Å². The highest BCUT2D eigenvalue weighted by Crippen LogP contribution is 2.24. The van der Waals surface area contributed by atoms with Gasteiger partial charge in [-0.3, -0.25) is 9.69 Å². The topological polar surface area (TPSA) is 35.6 Å². The minimum Gasteiger partial charge on any atom is -0.340 e. The second kappa shape index (κ2) is 6.65. The molecule has 2 unspecified atom stereocenters. The van der Waals surface area contributed by atoms with Crippen molar-refractivity contribution in [3.63, 3.8) is 0 Å². The number of nitrogens with one attached hydrogen (secondary N) is 1. The highest BCUT2D eigenvalue weighted by Gasteiger charge is 2.33. The second-order valence-electron chi connectivity index (χ2n) is 5.95. The van der Waals surface area contributed by atoms with Crippen molar-refractivity contribution >= 4 is 28.8 Å². The number of nitrogens with zero attached hydrogens (tertiary/aromatic N) is 2. The van der Waals surface area contributed by atoms with Gasteiger partial charge in [-0.2, -0.15) is 0 Å². The van der Waals surface area contributed by atoms with Crippen LogP contribution < -0.4 is 5.32 Å². The van der Waals surface area contributed by atoms with Gasteiger partial charge < -0.3 is 10.2 Å². The van der Waals surface area contributed by atoms with Crippen LogP contribution in [0, 0.1) is 5.92 Å². The van der Waals surface area contributed by atoms with Gasteiger partial charge >= 0.3 is 0 Å². The Labute approximate surface area is 135 Å². The Kier molecular flexibility index (Phi) is 4.84. The van der Waals surface area contributed by atoms with Crippen LogP contribution in [0.25, 0.3) is 0 Å². The first kappa shape index (κ1) is 15.3. The molecule has 0 aromatic carbocycles. The van der Waals surface area contributed by atoms with Crippen LogP contribution in [0.1, 0.15) is 18.2 Å². The summed E-state index contributed by atoms with van der Waals surface area (Å²) in [6, 6.07) is 4.37. The van der Waals surface area contributed by atoms with Crippen molar-refractivity contribution in [3.05, 3.63) is 21.3 Å². The molecule has 0 radical (unpaired) electrons. The molecule has 0 spiro atoms. The summed E-state index contributed by atoms with van der Waals surface area (Å²) in [5, 5.41) is 3.36. The summed E-state index contributed by atoms with van der Waals surface area (Å²) in [7, 11) is 0. The van der Waals surface area contributed by atoms with Crippen LogP contribution >= 0.6 is 22.9 Å². The lowest BCUT2D eigenvalue weighted by atomic mass is 10.00. The third-order valence-corrected chi connectivity index (χ3v) is 5.75. The zero-order valence-corrected chi connectivity index (χ0v) is 13.9. The lowest BCUT2D eigenvalue weighted by molar-refractivity contribution is -0.137. The van der Waals surface area contributed by atoms with E-state index in [4.69, 9.17) is 11.6 Å². The van der Waals surface area contributed by atoms with Crippen LogP contribution in [0.2, 0.25) is 4.34 Å². The van der Waals surface area contributed by atoms with Crippen LogP contribution in [0.3, 0.4) is 0 Å². The fourth-order valence-electron chi connectivity index (χ4n) is 3.21. The summed E-state index contributed by atoms with van der Waals surface area (Å²) >= 11 is 7.61. The average molecular weight is 328 g/mol. The number of carbonyl (C=O) groups excluding carboxylic acids is 1. The minimum absolute atomic E-state index is 0.174. The van der Waals surface area contributed by atoms with Crippen LogP contribution in [0.15, 0.2) is 12.1 Å². The lowest BCUT2D eigenvalue weighted by Gasteiger charge is -2.36. The molecule has 3 heterocycles. The molecule has 4 nitrogen and oxygen atoms in total. The first-order valence-electron chi connectivity index (χ1n) is 7.62. The zero-order valence-electron chi connectivity index (χ0n) is 12.3. The van der Waals surface area contributed by atoms with Crippen molar-refractivity contribution in [1.29, 1.82) is 0 Å². The Morgan fingerprint density at radius 3 is 2.71 bits per heavy atom. The van der Waals surface area contributed by atoms with Gasteiger partial charge in [0.15, 0.2) is 0 Å². The highest BCUT2D eigenvalue weighted by molar-refractivity contribution is 7.16. The van der Waals surface area contributed by atoms with Crippen molar-refractivity contribution in [1.82, 2.24) is 15.1 Å². The van der Waals surface area contributed by atoms with E-state index < -0.39 is 0 Å². The molecule has 2 atom stereocenters. The summed E-state index contributed by atoms with van der Waals surface area (Å²) < 4.78 is 0.849. The molecule has 1 aromatic rings. The van der Waals surface area contributed by atoms with Gasteiger partial charge in [-0.15, -0.1) is 11.3 Å². The molecular weight excluding hydrogens is 306 g/mol. The first-order chi connectivity index (χ1) is 10.1. The zero-order chi connectivity index (χ0) is 14.8. The molecule has 116 valence electrons. The summed E-state index contributed by atoms with van der Waals surface area (Å²) in [5.74, 6) is 0.513. The Bertz CT molecular complexity index is 499. The van der Waals surface area contributed by atoms with E-state index in [0.29, 0.717) is 11.9 Å². The largest absolute Gasteiger partial charge is 0.340 e. The number of amides is 1. The number of rotatable bonds is 3. The Morgan fingerprint density at radius 2 is 2.14 bits per heavy atom. The molecule has 6 heteroatoms. The number of halogens is 1. The molecule has 21 heavy (non-hydrogen) atoms. The van der Waals surface area contributed by atoms with Crippen molar-refractivity contribution in [2.45, 2.75) is 25.9 Å². The highest BCUT2D eigenvalue weighted by atomic mass is 35.5. The van der Waals surface area contributed by atoms with Crippen LogP contribution in [-0.4, -0.2) is 54.5 Å². The van der Waals surface area contributed by atoms with Gasteiger partial charge in [0.2, 0.25) is 5.91 Å². The molecule has 0 aliphatic carbocycles. The monoisotopic (exact) mass is 327 g/mol. The number of carbonyl (C=O) groups is 1. The molecule has 1 aromatic heterocycles. The second-order valence-corrected chi connectivity index (χ2v) is 7.74. The van der Waals surface area contributed by atoms with Gasteiger partial charge in [-0.25, -0.2) is 0 Å². The van der Waals surface area contributed by atoms with E-state index in [2.05, 4.69) is 23.2 Å². The summed E-state index contributed by atoms with van der Waals surface area (Å²) in [4.78, 5) is 18.3. The Hall–Kier alpha value is -0.620. The molecule has 2 aliphatic heterocycles. The molecule has 0 bridgehead atoms. The third-order valence-electron chi connectivity index (χ3n) is 4.53. The van der Waals surface area contributed by atoms with E-state index in [-0.39, 0.29) is 5.92 Å². The van der Waals surface area contributed by atoms with E-state index >= 15 is 0 Å². The van der Waals surface area contributed by atoms with Gasteiger partial charge in [0, 0.05) is 43.6 Å². The molecular formula is C15H22ClN3OS. The predicted octanol–water partition coefficient (Wildman–Crippen LogP) is 2.04. The summed E-state index contributed by atoms with van der Waals surface area (Å²) in [6.45, 7) is 7.64. The SMILES string of the molecule is CC1NCCC1C(=O)N1CCN(Cc2ccc(Cl)s2)CC1. The van der Waals surface area contributed by atoms with Gasteiger partial charge in [-0.05, 0) is 32.0 Å². The molecule has 3 rings (SSSR count). The molecule has 1 amide bonds. The Balaban J connectivity index is 1.49. The van der Waals surface area contributed by atoms with Crippen LogP contribution in [-0.2, 0) is 11.3 Å². The quantitative estimate of drug-likeness (QED) is 0.923. The number of piperazine rings is 1. The fraction of sp³-hybridized carbons (Fsp3) is 0.667. The number of hydrogen-bond acceptors (Lipinski definition) is 4. The van der Waals surface area contributed by atoms with Gasteiger partial charge in [0.25, 0.3) is 0 Å². The fourth-order valence-corrected chi connectivity index (χ4v) is 4.34. The first-order valence-corrected chi connectivity index (χ1v) is 8.81. The molecule has 2 saturated heterocycles. The standard InChI is InChI=1S/C15H22ClN3OS/c1-11-13(4-5-17-11)15(20)19-8-6-18(7-9-19)10-12-2-3-14(16)21-12/h2-3,11,13,17H,4-10H2,1H3. The van der Waals surface area contributed by atoms with Crippen LogP contribution in [0.5, 0.6) is 0 Å². The van der Waals surface area contributed by atoms with E-state index in [1.807, 2.05) is 11.0 Å². The van der Waals surface area contributed by atoms with Gasteiger partial charge in [0.1, 0.15) is 0 Å². The number of hydrogen-bond donors (Lipinski definition) is 1. The minimum atomic E-state index is 0.174. The van der Waals surface area contributed by atoms with Gasteiger partial charge in [0.05, 0.1) is 10.3 Å². The summed E-state index contributed by atoms with van der Waals surface area (Å²) in [5.41, 5.74) is 0. The lowest BCUT2D eigenvalue weighted by Crippen LogP contribution is -2.51. The van der Waals surface area contributed by atoms with Gasteiger partial charge in [-0.1, -0.05) is 11.6 Å². The maximum Gasteiger partial charge on any atom is 0.227 e. The molecule has 2 fully saturated rings. The summed E-state index contributed by atoms with van der Waals surface area (Å²) in [6.07, 6.45) is 0.980.